The van der Waals surface area contributed by atoms with Crippen LogP contribution in [0.5, 0.6) is 0 Å². The first kappa shape index (κ1) is 8.69. The third-order valence-electron chi connectivity index (χ3n) is 1.10. The van der Waals surface area contributed by atoms with E-state index in [9.17, 15) is 27.2 Å². The predicted molar refractivity (Wildman–Crippen MR) is 25.2 cm³/mol. The highest BCUT2D eigenvalue weighted by molar-refractivity contribution is 4.99. The Morgan fingerprint density at radius 1 is 0.750 bits per heavy atom. The van der Waals surface area contributed by atoms with Crippen molar-refractivity contribution in [1.82, 2.24) is 0 Å². The molecular weight excluding hydrogens is 185 g/mol. The van der Waals surface area contributed by atoms with Crippen molar-refractivity contribution in [1.29, 1.82) is 0 Å². The van der Waals surface area contributed by atoms with Crippen molar-refractivity contribution in [3.05, 3.63) is 34.6 Å². The van der Waals surface area contributed by atoms with Gasteiger partial charge in [-0.1, -0.05) is 0 Å². The number of nitrogens with zero attached hydrogens (tertiary/aromatic N) is 1. The van der Waals surface area contributed by atoms with Crippen LogP contribution in [0.2, 0.25) is 0 Å². The lowest BCUT2D eigenvalue weighted by molar-refractivity contribution is -0.671. The van der Waals surface area contributed by atoms with Crippen LogP contribution >= 0.6 is 0 Å². The number of hydrogen-bond donors (Lipinski definition) is 0. The standard InChI is InChI=1S/C5F5NO/c6-1-2(7)4(9)11(12)5(10)3(1)8. The Labute approximate surface area is 62.4 Å². The molecule has 0 aliphatic heterocycles. The predicted octanol–water partition coefficient (Wildman–Crippen LogP) is 1.02. The summed E-state index contributed by atoms with van der Waals surface area (Å²) in [5, 5.41) is 10.1. The zero-order chi connectivity index (χ0) is 9.46. The summed E-state index contributed by atoms with van der Waals surface area (Å²) in [4.78, 5) is 0. The highest BCUT2D eigenvalue weighted by Crippen LogP contribution is 2.12. The van der Waals surface area contributed by atoms with Crippen molar-refractivity contribution in [3.63, 3.8) is 0 Å². The molecule has 1 aromatic rings. The van der Waals surface area contributed by atoms with Crippen molar-refractivity contribution in [2.24, 2.45) is 0 Å². The van der Waals surface area contributed by atoms with E-state index in [4.69, 9.17) is 0 Å². The normalized spacial score (nSPS) is 10.4. The van der Waals surface area contributed by atoms with Gasteiger partial charge in [0.25, 0.3) is 11.6 Å². The van der Waals surface area contributed by atoms with Crippen LogP contribution < -0.4 is 4.73 Å². The molecule has 0 amide bonds. The molecule has 2 nitrogen and oxygen atoms in total. The van der Waals surface area contributed by atoms with Gasteiger partial charge in [-0.2, -0.15) is 13.2 Å². The van der Waals surface area contributed by atoms with Gasteiger partial charge in [-0.25, -0.2) is 0 Å². The molecule has 0 aromatic carbocycles. The molecule has 1 aromatic heterocycles. The second-order valence-corrected chi connectivity index (χ2v) is 1.82. The van der Waals surface area contributed by atoms with Crippen molar-refractivity contribution in [3.8, 4) is 0 Å². The first-order valence-corrected chi connectivity index (χ1v) is 2.57. The average molecular weight is 185 g/mol. The monoisotopic (exact) mass is 185 g/mol. The topological polar surface area (TPSA) is 26.9 Å². The Balaban J connectivity index is 3.60. The molecular formula is C5F5NO. The Morgan fingerprint density at radius 2 is 1.08 bits per heavy atom. The Hall–Kier alpha value is -1.40. The summed E-state index contributed by atoms with van der Waals surface area (Å²) in [6.45, 7) is 0. The van der Waals surface area contributed by atoms with Crippen molar-refractivity contribution < 1.29 is 26.7 Å². The fourth-order valence-electron chi connectivity index (χ4n) is 0.542. The minimum absolute atomic E-state index is 1.31. The van der Waals surface area contributed by atoms with Crippen LogP contribution in [0.15, 0.2) is 0 Å². The summed E-state index contributed by atoms with van der Waals surface area (Å²) < 4.78 is 59.0. The summed E-state index contributed by atoms with van der Waals surface area (Å²) in [7, 11) is 0. The Morgan fingerprint density at radius 3 is 1.42 bits per heavy atom. The van der Waals surface area contributed by atoms with Gasteiger partial charge in [-0.15, -0.1) is 13.5 Å². The molecule has 12 heavy (non-hydrogen) atoms. The first-order valence-electron chi connectivity index (χ1n) is 2.57. The van der Waals surface area contributed by atoms with Crippen LogP contribution in [-0.2, 0) is 0 Å². The largest absolute Gasteiger partial charge is 0.614 e. The number of pyridine rings is 1. The van der Waals surface area contributed by atoms with Gasteiger partial charge in [0.1, 0.15) is 0 Å². The second kappa shape index (κ2) is 2.58. The lowest BCUT2D eigenvalue weighted by atomic mass is 10.4. The van der Waals surface area contributed by atoms with E-state index in [0.717, 1.165) is 0 Å². The van der Waals surface area contributed by atoms with E-state index < -0.39 is 34.1 Å². The van der Waals surface area contributed by atoms with Gasteiger partial charge in [0.05, 0.1) is 0 Å². The summed E-state index contributed by atoms with van der Waals surface area (Å²) in [5.41, 5.74) is 0. The van der Waals surface area contributed by atoms with Crippen LogP contribution in [-0.4, -0.2) is 0 Å². The lowest BCUT2D eigenvalue weighted by Crippen LogP contribution is -2.39. The minimum atomic E-state index is -2.35. The third kappa shape index (κ3) is 0.973. The summed E-state index contributed by atoms with van der Waals surface area (Å²) in [6, 6.07) is 0. The smallest absolute Gasteiger partial charge is 0.413 e. The van der Waals surface area contributed by atoms with Gasteiger partial charge in [-0.3, -0.25) is 0 Å². The first-order chi connectivity index (χ1) is 5.46. The maximum Gasteiger partial charge on any atom is 0.413 e. The summed E-state index contributed by atoms with van der Waals surface area (Å²) in [5.74, 6) is -11.7. The number of aromatic nitrogens is 1. The van der Waals surface area contributed by atoms with Crippen molar-refractivity contribution in [2.75, 3.05) is 0 Å². The molecule has 0 saturated carbocycles. The molecule has 0 unspecified atom stereocenters. The van der Waals surface area contributed by atoms with Crippen LogP contribution in [0.1, 0.15) is 0 Å². The fraction of sp³-hybridized carbons (Fsp3) is 0. The van der Waals surface area contributed by atoms with Gasteiger partial charge in [0.2, 0.25) is 5.82 Å². The molecule has 0 aliphatic carbocycles. The minimum Gasteiger partial charge on any atom is -0.614 e. The Bertz CT molecular complexity index is 234. The molecule has 0 fully saturated rings. The molecule has 0 bridgehead atoms. The van der Waals surface area contributed by atoms with Gasteiger partial charge >= 0.3 is 11.9 Å². The lowest BCUT2D eigenvalue weighted by Gasteiger charge is -2.00. The van der Waals surface area contributed by atoms with Crippen LogP contribution in [0, 0.1) is 34.6 Å². The van der Waals surface area contributed by atoms with Crippen molar-refractivity contribution in [2.45, 2.75) is 0 Å². The van der Waals surface area contributed by atoms with Gasteiger partial charge in [-0.05, 0) is 0 Å². The second-order valence-electron chi connectivity index (χ2n) is 1.82. The zero-order valence-electron chi connectivity index (χ0n) is 5.25. The van der Waals surface area contributed by atoms with E-state index in [2.05, 4.69) is 0 Å². The van der Waals surface area contributed by atoms with E-state index in [1.54, 1.807) is 0 Å². The highest BCUT2D eigenvalue weighted by Gasteiger charge is 2.29. The molecule has 0 atom stereocenters. The molecule has 0 radical (unpaired) electrons. The molecule has 0 N–H and O–H groups in total. The maximum atomic E-state index is 12.1. The highest BCUT2D eigenvalue weighted by atomic mass is 19.2. The summed E-state index contributed by atoms with van der Waals surface area (Å²) in [6.07, 6.45) is 0. The van der Waals surface area contributed by atoms with Gasteiger partial charge in [0.15, 0.2) is 0 Å². The van der Waals surface area contributed by atoms with E-state index in [0.29, 0.717) is 0 Å². The maximum absolute atomic E-state index is 12.1. The molecule has 0 spiro atoms. The van der Waals surface area contributed by atoms with E-state index in [1.807, 2.05) is 0 Å². The molecule has 0 saturated heterocycles. The van der Waals surface area contributed by atoms with Gasteiger partial charge < -0.3 is 5.21 Å². The molecule has 1 heterocycles. The molecule has 66 valence electrons. The molecule has 0 aliphatic rings. The van der Waals surface area contributed by atoms with Crippen LogP contribution in [0.3, 0.4) is 0 Å². The molecule has 1 rings (SSSR count). The Kier molecular flexibility index (Phi) is 1.87. The SMILES string of the molecule is [O-][n+]1c(F)c(F)c(F)c(F)c1F. The van der Waals surface area contributed by atoms with E-state index in [1.165, 1.54) is 0 Å². The average Bonchev–Trinajstić information content (AvgIpc) is 2.08. The third-order valence-corrected chi connectivity index (χ3v) is 1.10. The molecule has 7 heteroatoms. The van der Waals surface area contributed by atoms with Crippen LogP contribution in [0.4, 0.5) is 22.0 Å². The number of halogens is 5. The van der Waals surface area contributed by atoms with E-state index >= 15 is 0 Å². The summed E-state index contributed by atoms with van der Waals surface area (Å²) >= 11 is 0. The number of rotatable bonds is 0. The fourth-order valence-corrected chi connectivity index (χ4v) is 0.542. The van der Waals surface area contributed by atoms with E-state index in [-0.39, 0.29) is 0 Å². The van der Waals surface area contributed by atoms with Gasteiger partial charge in [0, 0.05) is 0 Å². The van der Waals surface area contributed by atoms with Crippen LogP contribution in [0.25, 0.3) is 0 Å². The van der Waals surface area contributed by atoms with Crippen molar-refractivity contribution >= 4 is 0 Å². The quantitative estimate of drug-likeness (QED) is 0.256. The number of hydrogen-bond acceptors (Lipinski definition) is 1. The zero-order valence-corrected chi connectivity index (χ0v) is 5.25.